The van der Waals surface area contributed by atoms with Crippen molar-refractivity contribution in [3.05, 3.63) is 58.4 Å². The van der Waals surface area contributed by atoms with Crippen molar-refractivity contribution >= 4 is 11.0 Å². The van der Waals surface area contributed by atoms with E-state index in [2.05, 4.69) is 0 Å². The zero-order valence-electron chi connectivity index (χ0n) is 15.0. The Morgan fingerprint density at radius 3 is 2.59 bits per heavy atom. The lowest BCUT2D eigenvalue weighted by Crippen LogP contribution is -2.32. The number of methoxy groups -OCH3 is 1. The standard InChI is InChI=1S/C13H12O6.C7H8O/c1-16-9-4-7-2-3-10(15)19-11(7)13-12(9)17-6-8(5-14)18-13;1-6-4-2-3-5-7(6)8/h2-4,8,14H,5-6H2,1H3;2-5,8H,1H3/t8-;/m1./s1. The normalized spacial score (nSPS) is 15.0. The monoisotopic (exact) mass is 372 g/mol. The molecule has 1 atom stereocenters. The number of aliphatic hydroxyl groups excluding tert-OH is 1. The lowest BCUT2D eigenvalue weighted by Gasteiger charge is -2.26. The van der Waals surface area contributed by atoms with Crippen LogP contribution < -0.4 is 19.8 Å². The summed E-state index contributed by atoms with van der Waals surface area (Å²) in [7, 11) is 1.52. The molecule has 1 aromatic heterocycles. The van der Waals surface area contributed by atoms with Gasteiger partial charge < -0.3 is 28.8 Å². The Morgan fingerprint density at radius 1 is 1.19 bits per heavy atom. The van der Waals surface area contributed by atoms with Gasteiger partial charge in [-0.3, -0.25) is 0 Å². The minimum absolute atomic E-state index is 0.185. The van der Waals surface area contributed by atoms with Crippen LogP contribution >= 0.6 is 0 Å². The molecule has 0 spiro atoms. The number of para-hydroxylation sites is 1. The second kappa shape index (κ2) is 8.01. The highest BCUT2D eigenvalue weighted by Crippen LogP contribution is 2.45. The number of benzene rings is 2. The number of rotatable bonds is 2. The first-order valence-electron chi connectivity index (χ1n) is 8.33. The number of phenols is 1. The SMILES string of the molecule is COc1cc2ccc(=O)oc2c2c1OC[C@@H](CO)O2.Cc1ccccc1O. The molecular formula is C20H20O7. The van der Waals surface area contributed by atoms with E-state index in [4.69, 9.17) is 28.8 Å². The maximum absolute atomic E-state index is 11.3. The Hall–Kier alpha value is -3.19. The third-order valence-corrected chi connectivity index (χ3v) is 4.02. The largest absolute Gasteiger partial charge is 0.508 e. The lowest BCUT2D eigenvalue weighted by atomic mass is 10.1. The molecular weight excluding hydrogens is 352 g/mol. The summed E-state index contributed by atoms with van der Waals surface area (Å²) in [6.07, 6.45) is -0.492. The molecule has 0 unspecified atom stereocenters. The number of fused-ring (bicyclic) bond motifs is 3. The summed E-state index contributed by atoms with van der Waals surface area (Å²) in [5.74, 6) is 1.53. The maximum atomic E-state index is 11.3. The molecule has 2 aromatic carbocycles. The summed E-state index contributed by atoms with van der Waals surface area (Å²) in [5, 5.41) is 18.7. The first-order valence-corrected chi connectivity index (χ1v) is 8.33. The van der Waals surface area contributed by atoms with E-state index in [0.29, 0.717) is 28.2 Å². The van der Waals surface area contributed by atoms with Gasteiger partial charge in [0.05, 0.1) is 13.7 Å². The first kappa shape index (κ1) is 18.6. The topological polar surface area (TPSA) is 98.4 Å². The number of aromatic hydroxyl groups is 1. The molecule has 4 rings (SSSR count). The molecule has 3 aromatic rings. The highest BCUT2D eigenvalue weighted by atomic mass is 16.6. The lowest BCUT2D eigenvalue weighted by molar-refractivity contribution is 0.0442. The zero-order valence-corrected chi connectivity index (χ0v) is 15.0. The van der Waals surface area contributed by atoms with Crippen molar-refractivity contribution < 1.29 is 28.8 Å². The van der Waals surface area contributed by atoms with Crippen molar-refractivity contribution in [1.29, 1.82) is 0 Å². The summed E-state index contributed by atoms with van der Waals surface area (Å²) >= 11 is 0. The van der Waals surface area contributed by atoms with E-state index in [1.807, 2.05) is 25.1 Å². The predicted octanol–water partition coefficient (Wildman–Crippen LogP) is 2.63. The van der Waals surface area contributed by atoms with Crippen LogP contribution in [0.3, 0.4) is 0 Å². The molecule has 0 amide bonds. The Balaban J connectivity index is 0.000000221. The van der Waals surface area contributed by atoms with Gasteiger partial charge in [0.15, 0.2) is 17.4 Å². The summed E-state index contributed by atoms with van der Waals surface area (Å²) in [6.45, 7) is 1.90. The van der Waals surface area contributed by atoms with Gasteiger partial charge in [-0.15, -0.1) is 0 Å². The fourth-order valence-corrected chi connectivity index (χ4v) is 2.57. The van der Waals surface area contributed by atoms with E-state index in [0.717, 1.165) is 5.56 Å². The van der Waals surface area contributed by atoms with Crippen molar-refractivity contribution in [2.24, 2.45) is 0 Å². The van der Waals surface area contributed by atoms with E-state index >= 15 is 0 Å². The number of hydrogen-bond donors (Lipinski definition) is 2. The van der Waals surface area contributed by atoms with E-state index < -0.39 is 11.7 Å². The van der Waals surface area contributed by atoms with E-state index in [1.165, 1.54) is 13.2 Å². The third kappa shape index (κ3) is 3.98. The number of ether oxygens (including phenoxy) is 3. The van der Waals surface area contributed by atoms with Crippen LogP contribution in [0.15, 0.2) is 51.7 Å². The van der Waals surface area contributed by atoms with Gasteiger partial charge in [-0.2, -0.15) is 0 Å². The summed E-state index contributed by atoms with van der Waals surface area (Å²) in [4.78, 5) is 11.3. The van der Waals surface area contributed by atoms with Gasteiger partial charge in [0.2, 0.25) is 11.5 Å². The Morgan fingerprint density at radius 2 is 1.96 bits per heavy atom. The molecule has 7 heteroatoms. The van der Waals surface area contributed by atoms with Crippen LogP contribution in [0.25, 0.3) is 11.0 Å². The zero-order chi connectivity index (χ0) is 19.4. The molecule has 0 radical (unpaired) electrons. The molecule has 0 fully saturated rings. The average Bonchev–Trinajstić information content (AvgIpc) is 2.70. The van der Waals surface area contributed by atoms with Crippen LogP contribution in [-0.2, 0) is 0 Å². The molecule has 7 nitrogen and oxygen atoms in total. The first-order chi connectivity index (χ1) is 13.0. The van der Waals surface area contributed by atoms with E-state index in [1.54, 1.807) is 18.2 Å². The smallest absolute Gasteiger partial charge is 0.336 e. The molecule has 2 N–H and O–H groups in total. The van der Waals surface area contributed by atoms with Crippen molar-refractivity contribution in [3.8, 4) is 23.0 Å². The summed E-state index contributed by atoms with van der Waals surface area (Å²) in [5.41, 5.74) is 0.739. The van der Waals surface area contributed by atoms with Crippen LogP contribution in [0.1, 0.15) is 5.56 Å². The predicted molar refractivity (Wildman–Crippen MR) is 98.9 cm³/mol. The van der Waals surface area contributed by atoms with Crippen LogP contribution in [-0.4, -0.2) is 36.6 Å². The minimum Gasteiger partial charge on any atom is -0.508 e. The van der Waals surface area contributed by atoms with Gasteiger partial charge in [0, 0.05) is 11.5 Å². The van der Waals surface area contributed by atoms with E-state index in [-0.39, 0.29) is 19.0 Å². The minimum atomic E-state index is -0.492. The molecule has 0 aliphatic carbocycles. The van der Waals surface area contributed by atoms with Crippen molar-refractivity contribution in [3.63, 3.8) is 0 Å². The third-order valence-electron chi connectivity index (χ3n) is 4.02. The Kier molecular flexibility index (Phi) is 5.52. The van der Waals surface area contributed by atoms with Crippen LogP contribution in [0.5, 0.6) is 23.0 Å². The van der Waals surface area contributed by atoms with Gasteiger partial charge in [-0.1, -0.05) is 18.2 Å². The quantitative estimate of drug-likeness (QED) is 0.667. The van der Waals surface area contributed by atoms with Gasteiger partial charge in [-0.25, -0.2) is 4.79 Å². The number of phenolic OH excluding ortho intramolecular Hbond substituents is 1. The number of aliphatic hydroxyl groups is 1. The van der Waals surface area contributed by atoms with Crippen molar-refractivity contribution in [2.75, 3.05) is 20.3 Å². The van der Waals surface area contributed by atoms with Crippen LogP contribution in [0.4, 0.5) is 0 Å². The molecule has 2 heterocycles. The summed E-state index contributed by atoms with van der Waals surface area (Å²) < 4.78 is 21.5. The summed E-state index contributed by atoms with van der Waals surface area (Å²) in [6, 6.07) is 11.9. The van der Waals surface area contributed by atoms with Crippen LogP contribution in [0.2, 0.25) is 0 Å². The fourth-order valence-electron chi connectivity index (χ4n) is 2.57. The van der Waals surface area contributed by atoms with Gasteiger partial charge in [-0.05, 0) is 30.7 Å². The molecule has 0 saturated heterocycles. The van der Waals surface area contributed by atoms with Gasteiger partial charge in [0.25, 0.3) is 0 Å². The molecule has 1 aliphatic heterocycles. The van der Waals surface area contributed by atoms with Crippen molar-refractivity contribution in [1.82, 2.24) is 0 Å². The highest BCUT2D eigenvalue weighted by molar-refractivity contribution is 5.88. The molecule has 1 aliphatic rings. The van der Waals surface area contributed by atoms with Crippen LogP contribution in [0, 0.1) is 6.92 Å². The fraction of sp³-hybridized carbons (Fsp3) is 0.250. The van der Waals surface area contributed by atoms with Gasteiger partial charge >= 0.3 is 5.63 Å². The van der Waals surface area contributed by atoms with Crippen molar-refractivity contribution in [2.45, 2.75) is 13.0 Å². The second-order valence-electron chi connectivity index (χ2n) is 5.93. The van der Waals surface area contributed by atoms with Gasteiger partial charge in [0.1, 0.15) is 12.4 Å². The molecule has 142 valence electrons. The Bertz CT molecular complexity index is 972. The molecule has 0 saturated carbocycles. The number of aryl methyl sites for hydroxylation is 1. The highest BCUT2D eigenvalue weighted by Gasteiger charge is 2.27. The maximum Gasteiger partial charge on any atom is 0.336 e. The number of hydrogen-bond acceptors (Lipinski definition) is 7. The second-order valence-corrected chi connectivity index (χ2v) is 5.93. The molecule has 0 bridgehead atoms. The average molecular weight is 372 g/mol. The van der Waals surface area contributed by atoms with E-state index in [9.17, 15) is 4.79 Å². The molecule has 27 heavy (non-hydrogen) atoms. The Labute approximate surface area is 155 Å².